The van der Waals surface area contributed by atoms with Crippen LogP contribution in [0, 0.1) is 15.9 Å². The van der Waals surface area contributed by atoms with Gasteiger partial charge in [0, 0.05) is 12.7 Å². The predicted octanol–water partition coefficient (Wildman–Crippen LogP) is 3.06. The molecule has 0 atom stereocenters. The van der Waals surface area contributed by atoms with E-state index in [4.69, 9.17) is 11.6 Å². The minimum absolute atomic E-state index is 0.0448. The van der Waals surface area contributed by atoms with E-state index >= 15 is 0 Å². The zero-order valence-electron chi connectivity index (χ0n) is 10.8. The highest BCUT2D eigenvalue weighted by Gasteiger charge is 2.24. The SMILES string of the molecule is CN(C(=O)c1cc(Cl)ncc1[N+](=O)[O-])c1cccc(F)c1. The van der Waals surface area contributed by atoms with Crippen molar-refractivity contribution >= 4 is 28.9 Å². The first-order valence-corrected chi connectivity index (χ1v) is 6.11. The third-order valence-corrected chi connectivity index (χ3v) is 2.98. The second-order valence-corrected chi connectivity index (χ2v) is 4.51. The molecule has 0 aliphatic carbocycles. The molecule has 1 amide bonds. The molecule has 0 aliphatic rings. The minimum Gasteiger partial charge on any atom is -0.311 e. The van der Waals surface area contributed by atoms with Gasteiger partial charge in [-0.1, -0.05) is 17.7 Å². The molecule has 0 fully saturated rings. The van der Waals surface area contributed by atoms with Gasteiger partial charge in [-0.2, -0.15) is 0 Å². The molecule has 6 nitrogen and oxygen atoms in total. The number of rotatable bonds is 3. The zero-order valence-corrected chi connectivity index (χ0v) is 11.5. The van der Waals surface area contributed by atoms with Crippen LogP contribution in [-0.2, 0) is 0 Å². The van der Waals surface area contributed by atoms with Crippen LogP contribution in [0.25, 0.3) is 0 Å². The van der Waals surface area contributed by atoms with Crippen molar-refractivity contribution in [3.63, 3.8) is 0 Å². The number of nitro groups is 1. The summed E-state index contributed by atoms with van der Waals surface area (Å²) in [5.41, 5.74) is -0.415. The average molecular weight is 310 g/mol. The molecule has 1 heterocycles. The maximum Gasteiger partial charge on any atom is 0.300 e. The Kier molecular flexibility index (Phi) is 4.13. The minimum atomic E-state index is -0.726. The lowest BCUT2D eigenvalue weighted by atomic mass is 10.2. The first-order chi connectivity index (χ1) is 9.90. The van der Waals surface area contributed by atoms with E-state index < -0.39 is 22.3 Å². The summed E-state index contributed by atoms with van der Waals surface area (Å²) in [5, 5.41) is 10.9. The summed E-state index contributed by atoms with van der Waals surface area (Å²) in [6.07, 6.45) is 0.912. The number of amides is 1. The topological polar surface area (TPSA) is 76.3 Å². The molecule has 1 aromatic carbocycles. The molecule has 2 rings (SSSR count). The largest absolute Gasteiger partial charge is 0.311 e. The van der Waals surface area contributed by atoms with E-state index in [1.165, 1.54) is 25.2 Å². The number of aromatic nitrogens is 1. The van der Waals surface area contributed by atoms with Crippen LogP contribution in [0.3, 0.4) is 0 Å². The van der Waals surface area contributed by atoms with E-state index in [1.807, 2.05) is 0 Å². The van der Waals surface area contributed by atoms with Crippen LogP contribution >= 0.6 is 11.6 Å². The Hall–Kier alpha value is -2.54. The van der Waals surface area contributed by atoms with Gasteiger partial charge in [-0.25, -0.2) is 9.37 Å². The summed E-state index contributed by atoms with van der Waals surface area (Å²) in [4.78, 5) is 27.2. The van der Waals surface area contributed by atoms with E-state index in [2.05, 4.69) is 4.98 Å². The van der Waals surface area contributed by atoms with Crippen LogP contribution in [0.4, 0.5) is 15.8 Å². The molecule has 1 aromatic heterocycles. The number of nitrogens with zero attached hydrogens (tertiary/aromatic N) is 3. The molecule has 0 N–H and O–H groups in total. The van der Waals surface area contributed by atoms with Crippen molar-refractivity contribution in [1.82, 2.24) is 4.98 Å². The fourth-order valence-corrected chi connectivity index (χ4v) is 1.88. The van der Waals surface area contributed by atoms with Gasteiger partial charge in [-0.05, 0) is 24.3 Å². The highest BCUT2D eigenvalue weighted by Crippen LogP contribution is 2.24. The van der Waals surface area contributed by atoms with Crippen molar-refractivity contribution in [3.8, 4) is 0 Å². The molecule has 2 aromatic rings. The summed E-state index contributed by atoms with van der Waals surface area (Å²) in [7, 11) is 1.38. The molecule has 0 bridgehead atoms. The lowest BCUT2D eigenvalue weighted by Gasteiger charge is -2.17. The highest BCUT2D eigenvalue weighted by molar-refractivity contribution is 6.30. The second kappa shape index (κ2) is 5.84. The smallest absolute Gasteiger partial charge is 0.300 e. The van der Waals surface area contributed by atoms with Crippen molar-refractivity contribution in [2.24, 2.45) is 0 Å². The fourth-order valence-electron chi connectivity index (χ4n) is 1.72. The fraction of sp³-hybridized carbons (Fsp3) is 0.0769. The zero-order chi connectivity index (χ0) is 15.6. The Morgan fingerprint density at radius 1 is 1.43 bits per heavy atom. The summed E-state index contributed by atoms with van der Waals surface area (Å²) in [6, 6.07) is 6.43. The van der Waals surface area contributed by atoms with Gasteiger partial charge in [-0.3, -0.25) is 14.9 Å². The first kappa shape index (κ1) is 14.9. The molecular weight excluding hydrogens is 301 g/mol. The molecule has 0 unspecified atom stereocenters. The molecule has 0 spiro atoms. The van der Waals surface area contributed by atoms with Gasteiger partial charge in [-0.15, -0.1) is 0 Å². The van der Waals surface area contributed by atoms with Gasteiger partial charge in [0.2, 0.25) is 0 Å². The molecule has 0 saturated carbocycles. The quantitative estimate of drug-likeness (QED) is 0.496. The highest BCUT2D eigenvalue weighted by atomic mass is 35.5. The number of halogens is 2. The van der Waals surface area contributed by atoms with Crippen molar-refractivity contribution in [2.75, 3.05) is 11.9 Å². The summed E-state index contributed by atoms with van der Waals surface area (Å²) < 4.78 is 13.2. The monoisotopic (exact) mass is 309 g/mol. The van der Waals surface area contributed by atoms with E-state index in [0.29, 0.717) is 0 Å². The van der Waals surface area contributed by atoms with Crippen molar-refractivity contribution < 1.29 is 14.1 Å². The van der Waals surface area contributed by atoms with E-state index in [9.17, 15) is 19.3 Å². The normalized spacial score (nSPS) is 10.2. The van der Waals surface area contributed by atoms with Gasteiger partial charge in [0.05, 0.1) is 4.92 Å². The van der Waals surface area contributed by atoms with Gasteiger partial charge >= 0.3 is 0 Å². The molecule has 0 aliphatic heterocycles. The Morgan fingerprint density at radius 2 is 2.14 bits per heavy atom. The number of pyridine rings is 1. The molecule has 0 saturated heterocycles. The van der Waals surface area contributed by atoms with Crippen LogP contribution in [0.1, 0.15) is 10.4 Å². The third-order valence-electron chi connectivity index (χ3n) is 2.78. The maximum absolute atomic E-state index is 13.2. The van der Waals surface area contributed by atoms with E-state index in [-0.39, 0.29) is 16.4 Å². The maximum atomic E-state index is 13.2. The van der Waals surface area contributed by atoms with Gasteiger partial charge in [0.25, 0.3) is 11.6 Å². The summed E-state index contributed by atoms with van der Waals surface area (Å²) in [6.45, 7) is 0. The summed E-state index contributed by atoms with van der Waals surface area (Å²) in [5.74, 6) is -1.20. The van der Waals surface area contributed by atoms with Gasteiger partial charge in [0.15, 0.2) is 0 Å². The standard InChI is InChI=1S/C13H9ClFN3O3/c1-17(9-4-2-3-8(15)5-9)13(19)10-6-12(14)16-7-11(10)18(20)21/h2-7H,1H3. The summed E-state index contributed by atoms with van der Waals surface area (Å²) >= 11 is 5.68. The molecule has 108 valence electrons. The van der Waals surface area contributed by atoms with Crippen LogP contribution < -0.4 is 4.90 Å². The number of anilines is 1. The van der Waals surface area contributed by atoms with Crippen LogP contribution in [0.15, 0.2) is 36.5 Å². The van der Waals surface area contributed by atoms with Crippen molar-refractivity contribution in [2.45, 2.75) is 0 Å². The van der Waals surface area contributed by atoms with Gasteiger partial charge in [0.1, 0.15) is 22.7 Å². The predicted molar refractivity (Wildman–Crippen MR) is 75.0 cm³/mol. The number of carbonyl (C=O) groups is 1. The van der Waals surface area contributed by atoms with Crippen molar-refractivity contribution in [3.05, 3.63) is 63.2 Å². The Bertz CT molecular complexity index is 724. The second-order valence-electron chi connectivity index (χ2n) is 4.13. The lowest BCUT2D eigenvalue weighted by molar-refractivity contribution is -0.385. The first-order valence-electron chi connectivity index (χ1n) is 5.73. The number of hydrogen-bond donors (Lipinski definition) is 0. The van der Waals surface area contributed by atoms with Crippen LogP contribution in [0.2, 0.25) is 5.15 Å². The molecule has 0 radical (unpaired) electrons. The van der Waals surface area contributed by atoms with Gasteiger partial charge < -0.3 is 4.90 Å². The Balaban J connectivity index is 2.44. The Labute approximate surface area is 123 Å². The number of benzene rings is 1. The van der Waals surface area contributed by atoms with E-state index in [1.54, 1.807) is 0 Å². The average Bonchev–Trinajstić information content (AvgIpc) is 2.45. The molecular formula is C13H9ClFN3O3. The van der Waals surface area contributed by atoms with E-state index in [0.717, 1.165) is 23.2 Å². The molecule has 8 heteroatoms. The third kappa shape index (κ3) is 3.14. The number of carbonyl (C=O) groups excluding carboxylic acids is 1. The Morgan fingerprint density at radius 3 is 2.76 bits per heavy atom. The van der Waals surface area contributed by atoms with Crippen LogP contribution in [-0.4, -0.2) is 22.9 Å². The molecule has 21 heavy (non-hydrogen) atoms. The van der Waals surface area contributed by atoms with Crippen molar-refractivity contribution in [1.29, 1.82) is 0 Å². The lowest BCUT2D eigenvalue weighted by Crippen LogP contribution is -2.27. The number of hydrogen-bond acceptors (Lipinski definition) is 4. The van der Waals surface area contributed by atoms with Crippen LogP contribution in [0.5, 0.6) is 0 Å².